The molecule has 19 heavy (non-hydrogen) atoms. The zero-order valence-corrected chi connectivity index (χ0v) is 10.4. The van der Waals surface area contributed by atoms with Crippen molar-refractivity contribution in [2.24, 2.45) is 5.73 Å². The van der Waals surface area contributed by atoms with Gasteiger partial charge in [-0.05, 0) is 36.2 Å². The molecule has 0 fully saturated rings. The highest BCUT2D eigenvalue weighted by Gasteiger charge is 2.07. The Morgan fingerprint density at radius 3 is 2.89 bits per heavy atom. The van der Waals surface area contributed by atoms with Gasteiger partial charge in [-0.3, -0.25) is 0 Å². The molecule has 0 amide bonds. The minimum Gasteiger partial charge on any atom is -0.423 e. The molecule has 0 atom stereocenters. The van der Waals surface area contributed by atoms with E-state index in [1.54, 1.807) is 0 Å². The molecule has 0 spiro atoms. The fourth-order valence-electron chi connectivity index (χ4n) is 1.96. The first kappa shape index (κ1) is 11.7. The van der Waals surface area contributed by atoms with Gasteiger partial charge in [0, 0.05) is 12.2 Å². The Labute approximate surface area is 111 Å². The van der Waals surface area contributed by atoms with E-state index in [-0.39, 0.29) is 0 Å². The van der Waals surface area contributed by atoms with Crippen LogP contribution < -0.4 is 11.1 Å². The molecule has 1 heterocycles. The van der Waals surface area contributed by atoms with E-state index in [0.717, 1.165) is 27.9 Å². The maximum absolute atomic E-state index is 5.70. The molecule has 0 saturated carbocycles. The lowest BCUT2D eigenvalue weighted by Crippen LogP contribution is -2.01. The van der Waals surface area contributed by atoms with E-state index in [2.05, 4.69) is 17.2 Å². The number of nitrogens with two attached hydrogens (primary N) is 1. The Morgan fingerprint density at radius 1 is 1.21 bits per heavy atom. The first-order chi connectivity index (χ1) is 9.26. The van der Waals surface area contributed by atoms with Crippen LogP contribution in [0.4, 0.5) is 11.7 Å². The number of nitrogens with one attached hydrogen (secondary N) is 1. The molecule has 0 unspecified atom stereocenters. The first-order valence-corrected chi connectivity index (χ1v) is 6.04. The molecule has 1 radical (unpaired) electrons. The van der Waals surface area contributed by atoms with Crippen LogP contribution in [0.25, 0.3) is 11.1 Å². The average Bonchev–Trinajstić information content (AvgIpc) is 2.80. The van der Waals surface area contributed by atoms with E-state index in [1.807, 2.05) is 42.5 Å². The fraction of sp³-hybridized carbons (Fsp3) is 0.0667. The Morgan fingerprint density at radius 2 is 2.05 bits per heavy atom. The highest BCUT2D eigenvalue weighted by atomic mass is 16.4. The molecule has 0 bridgehead atoms. The molecule has 95 valence electrons. The van der Waals surface area contributed by atoms with Crippen molar-refractivity contribution in [1.82, 2.24) is 4.98 Å². The molecule has 2 aromatic carbocycles. The summed E-state index contributed by atoms with van der Waals surface area (Å²) in [6.45, 7) is 4.34. The third-order valence-electron chi connectivity index (χ3n) is 2.93. The Bertz CT molecular complexity index is 718. The summed E-state index contributed by atoms with van der Waals surface area (Å²) in [5.74, 6) is 0. The number of benzene rings is 2. The molecule has 3 N–H and O–H groups in total. The van der Waals surface area contributed by atoms with Gasteiger partial charge in [-0.1, -0.05) is 24.3 Å². The summed E-state index contributed by atoms with van der Waals surface area (Å²) in [7, 11) is 0. The zero-order chi connectivity index (χ0) is 13.2. The lowest BCUT2D eigenvalue weighted by Gasteiger charge is -2.06. The topological polar surface area (TPSA) is 64.1 Å². The maximum Gasteiger partial charge on any atom is 0.300 e. The van der Waals surface area contributed by atoms with Gasteiger partial charge >= 0.3 is 0 Å². The molecule has 4 heteroatoms. The van der Waals surface area contributed by atoms with Gasteiger partial charge in [-0.25, -0.2) is 0 Å². The van der Waals surface area contributed by atoms with Crippen molar-refractivity contribution in [3.8, 4) is 0 Å². The number of hydrogen-bond donors (Lipinski definition) is 2. The van der Waals surface area contributed by atoms with Gasteiger partial charge in [0.05, 0.1) is 0 Å². The second kappa shape index (κ2) is 4.74. The van der Waals surface area contributed by atoms with Gasteiger partial charge in [-0.2, -0.15) is 4.98 Å². The normalized spacial score (nSPS) is 10.8. The van der Waals surface area contributed by atoms with Crippen LogP contribution in [0.5, 0.6) is 0 Å². The largest absolute Gasteiger partial charge is 0.423 e. The highest BCUT2D eigenvalue weighted by molar-refractivity contribution is 5.76. The summed E-state index contributed by atoms with van der Waals surface area (Å²) < 4.78 is 5.64. The molecule has 4 nitrogen and oxygen atoms in total. The lowest BCUT2D eigenvalue weighted by atomic mass is 10.2. The van der Waals surface area contributed by atoms with Crippen LogP contribution in [-0.2, 0) is 6.54 Å². The van der Waals surface area contributed by atoms with Gasteiger partial charge in [0.1, 0.15) is 5.52 Å². The number of fused-ring (bicyclic) bond motifs is 1. The summed E-state index contributed by atoms with van der Waals surface area (Å²) in [5.41, 5.74) is 10.1. The monoisotopic (exact) mass is 252 g/mol. The summed E-state index contributed by atoms with van der Waals surface area (Å²) in [4.78, 5) is 4.39. The van der Waals surface area contributed by atoms with E-state index < -0.39 is 0 Å². The van der Waals surface area contributed by atoms with E-state index in [1.165, 1.54) is 0 Å². The maximum atomic E-state index is 5.70. The highest BCUT2D eigenvalue weighted by Crippen LogP contribution is 2.24. The van der Waals surface area contributed by atoms with Gasteiger partial charge in [-0.15, -0.1) is 0 Å². The molecule has 3 aromatic rings. The van der Waals surface area contributed by atoms with Crippen molar-refractivity contribution in [3.63, 3.8) is 0 Å². The van der Waals surface area contributed by atoms with E-state index in [0.29, 0.717) is 12.6 Å². The van der Waals surface area contributed by atoms with Crippen LogP contribution in [0.15, 0.2) is 46.9 Å². The van der Waals surface area contributed by atoms with Crippen LogP contribution in [0.3, 0.4) is 0 Å². The smallest absolute Gasteiger partial charge is 0.300 e. The standard InChI is InChI=1S/C15H14N3O/c1-10-6-7-14-13(8-10)18-15(19-14)17-12-5-3-2-4-11(12)9-16/h2-8H,1,9,16H2,(H,17,18). The van der Waals surface area contributed by atoms with Gasteiger partial charge < -0.3 is 15.5 Å². The molecule has 0 aliphatic rings. The number of aromatic nitrogens is 1. The molecule has 1 aromatic heterocycles. The number of oxazole rings is 1. The summed E-state index contributed by atoms with van der Waals surface area (Å²) >= 11 is 0. The first-order valence-electron chi connectivity index (χ1n) is 6.04. The number of nitrogens with zero attached hydrogens (tertiary/aromatic N) is 1. The molecule has 0 saturated heterocycles. The van der Waals surface area contributed by atoms with Crippen LogP contribution in [0.1, 0.15) is 11.1 Å². The van der Waals surface area contributed by atoms with Crippen LogP contribution in [-0.4, -0.2) is 4.98 Å². The summed E-state index contributed by atoms with van der Waals surface area (Å²) in [5, 5.41) is 3.15. The summed E-state index contributed by atoms with van der Waals surface area (Å²) in [6.07, 6.45) is 0. The molecule has 0 aliphatic carbocycles. The van der Waals surface area contributed by atoms with E-state index in [9.17, 15) is 0 Å². The zero-order valence-electron chi connectivity index (χ0n) is 10.4. The van der Waals surface area contributed by atoms with Crippen LogP contribution in [0, 0.1) is 6.92 Å². The van der Waals surface area contributed by atoms with Crippen molar-refractivity contribution in [1.29, 1.82) is 0 Å². The SMILES string of the molecule is [CH2]c1ccc2oc(Nc3ccccc3CN)nc2c1. The van der Waals surface area contributed by atoms with Gasteiger partial charge in [0.15, 0.2) is 5.58 Å². The van der Waals surface area contributed by atoms with Crippen LogP contribution in [0.2, 0.25) is 0 Å². The minimum atomic E-state index is 0.460. The second-order valence-electron chi connectivity index (χ2n) is 4.31. The quantitative estimate of drug-likeness (QED) is 0.751. The Hall–Kier alpha value is -2.33. The van der Waals surface area contributed by atoms with E-state index >= 15 is 0 Å². The van der Waals surface area contributed by atoms with Crippen molar-refractivity contribution < 1.29 is 4.42 Å². The third-order valence-corrected chi connectivity index (χ3v) is 2.93. The van der Waals surface area contributed by atoms with Crippen molar-refractivity contribution in [2.75, 3.05) is 5.32 Å². The number of rotatable bonds is 3. The van der Waals surface area contributed by atoms with E-state index in [4.69, 9.17) is 10.2 Å². The number of hydrogen-bond acceptors (Lipinski definition) is 4. The number of anilines is 2. The molecular weight excluding hydrogens is 238 g/mol. The summed E-state index contributed by atoms with van der Waals surface area (Å²) in [6, 6.07) is 13.9. The Kier molecular flexibility index (Phi) is 2.93. The predicted octanol–water partition coefficient (Wildman–Crippen LogP) is 3.21. The average molecular weight is 252 g/mol. The third kappa shape index (κ3) is 2.30. The molecular formula is C15H14N3O. The van der Waals surface area contributed by atoms with Crippen molar-refractivity contribution >= 4 is 22.8 Å². The Balaban J connectivity index is 1.96. The van der Waals surface area contributed by atoms with Crippen molar-refractivity contribution in [2.45, 2.75) is 6.54 Å². The number of para-hydroxylation sites is 1. The predicted molar refractivity (Wildman–Crippen MR) is 76.1 cm³/mol. The second-order valence-corrected chi connectivity index (χ2v) is 4.31. The van der Waals surface area contributed by atoms with Crippen LogP contribution >= 0.6 is 0 Å². The molecule has 0 aliphatic heterocycles. The van der Waals surface area contributed by atoms with Gasteiger partial charge in [0.2, 0.25) is 0 Å². The van der Waals surface area contributed by atoms with Crippen molar-refractivity contribution in [3.05, 3.63) is 60.5 Å². The minimum absolute atomic E-state index is 0.460. The van der Waals surface area contributed by atoms with Gasteiger partial charge in [0.25, 0.3) is 6.01 Å². The molecule has 3 rings (SSSR count). The fourth-order valence-corrected chi connectivity index (χ4v) is 1.96. The lowest BCUT2D eigenvalue weighted by molar-refractivity contribution is 0.623.